The standard InChI is InChI=1S/C21H27N3O/c25-21(12-11-18-7-2-1-3-8-18)24(17-19-9-4-5-15-23-19)20-10-6-14-22-16-13-20/h1-5,7-9,15,20,22H,6,10-14,16-17H2/t20-/m0/s1. The van der Waals surface area contributed by atoms with Crippen LogP contribution >= 0.6 is 0 Å². The summed E-state index contributed by atoms with van der Waals surface area (Å²) in [4.78, 5) is 19.5. The fourth-order valence-electron chi connectivity index (χ4n) is 3.44. The van der Waals surface area contributed by atoms with E-state index in [1.54, 1.807) is 6.20 Å². The minimum atomic E-state index is 0.237. The lowest BCUT2D eigenvalue weighted by Crippen LogP contribution is -2.40. The molecule has 1 amide bonds. The van der Waals surface area contributed by atoms with E-state index in [2.05, 4.69) is 27.3 Å². The predicted octanol–water partition coefficient (Wildman–Crippen LogP) is 3.19. The van der Waals surface area contributed by atoms with Crippen molar-refractivity contribution in [1.29, 1.82) is 0 Å². The molecule has 1 aromatic carbocycles. The monoisotopic (exact) mass is 337 g/mol. The molecule has 1 aliphatic heterocycles. The first-order chi connectivity index (χ1) is 12.3. The molecule has 25 heavy (non-hydrogen) atoms. The van der Waals surface area contributed by atoms with Crippen molar-refractivity contribution >= 4 is 5.91 Å². The number of amides is 1. The van der Waals surface area contributed by atoms with Crippen LogP contribution < -0.4 is 5.32 Å². The highest BCUT2D eigenvalue weighted by Gasteiger charge is 2.24. The van der Waals surface area contributed by atoms with Crippen molar-refractivity contribution in [3.63, 3.8) is 0 Å². The molecule has 0 unspecified atom stereocenters. The highest BCUT2D eigenvalue weighted by molar-refractivity contribution is 5.76. The van der Waals surface area contributed by atoms with Crippen LogP contribution in [-0.4, -0.2) is 34.9 Å². The minimum Gasteiger partial charge on any atom is -0.334 e. The lowest BCUT2D eigenvalue weighted by molar-refractivity contribution is -0.134. The summed E-state index contributed by atoms with van der Waals surface area (Å²) in [6, 6.07) is 16.5. The van der Waals surface area contributed by atoms with E-state index >= 15 is 0 Å². The fraction of sp³-hybridized carbons (Fsp3) is 0.429. The maximum absolute atomic E-state index is 13.0. The molecule has 4 heteroatoms. The van der Waals surface area contributed by atoms with Gasteiger partial charge in [-0.25, -0.2) is 0 Å². The second kappa shape index (κ2) is 9.33. The zero-order chi connectivity index (χ0) is 17.3. The zero-order valence-corrected chi connectivity index (χ0v) is 14.7. The normalized spacial score (nSPS) is 17.7. The molecule has 1 N–H and O–H groups in total. The summed E-state index contributed by atoms with van der Waals surface area (Å²) in [5, 5.41) is 3.44. The van der Waals surface area contributed by atoms with E-state index in [1.807, 2.05) is 36.4 Å². The van der Waals surface area contributed by atoms with Crippen molar-refractivity contribution in [3.05, 3.63) is 66.0 Å². The summed E-state index contributed by atoms with van der Waals surface area (Å²) in [7, 11) is 0. The lowest BCUT2D eigenvalue weighted by Gasteiger charge is -2.31. The molecular weight excluding hydrogens is 310 g/mol. The number of carbonyl (C=O) groups is 1. The average molecular weight is 337 g/mol. The quantitative estimate of drug-likeness (QED) is 0.880. The SMILES string of the molecule is O=C(CCc1ccccc1)N(Cc1ccccn1)[C@H]1CCCNCC1. The maximum Gasteiger partial charge on any atom is 0.223 e. The fourth-order valence-corrected chi connectivity index (χ4v) is 3.44. The van der Waals surface area contributed by atoms with Gasteiger partial charge in [-0.15, -0.1) is 0 Å². The molecule has 0 saturated carbocycles. The van der Waals surface area contributed by atoms with Gasteiger partial charge >= 0.3 is 0 Å². The van der Waals surface area contributed by atoms with Crippen LogP contribution in [0.1, 0.15) is 36.9 Å². The van der Waals surface area contributed by atoms with Crippen LogP contribution in [0, 0.1) is 0 Å². The molecule has 2 aromatic rings. The average Bonchev–Trinajstić information content (AvgIpc) is 2.95. The highest BCUT2D eigenvalue weighted by Crippen LogP contribution is 2.18. The first kappa shape index (κ1) is 17.6. The van der Waals surface area contributed by atoms with Crippen molar-refractivity contribution in [1.82, 2.24) is 15.2 Å². The molecule has 1 fully saturated rings. The summed E-state index contributed by atoms with van der Waals surface area (Å²) in [6.45, 7) is 2.64. The van der Waals surface area contributed by atoms with Gasteiger partial charge in [-0.05, 0) is 56.5 Å². The van der Waals surface area contributed by atoms with Gasteiger partial charge in [-0.3, -0.25) is 9.78 Å². The smallest absolute Gasteiger partial charge is 0.223 e. The molecule has 1 aromatic heterocycles. The van der Waals surface area contributed by atoms with Crippen molar-refractivity contribution < 1.29 is 4.79 Å². The molecule has 0 bridgehead atoms. The number of carbonyl (C=O) groups excluding carboxylic acids is 1. The van der Waals surface area contributed by atoms with Crippen molar-refractivity contribution in [2.24, 2.45) is 0 Å². The number of aryl methyl sites for hydroxylation is 1. The van der Waals surface area contributed by atoms with E-state index in [-0.39, 0.29) is 5.91 Å². The predicted molar refractivity (Wildman–Crippen MR) is 100 cm³/mol. The van der Waals surface area contributed by atoms with Gasteiger partial charge in [0.05, 0.1) is 12.2 Å². The summed E-state index contributed by atoms with van der Waals surface area (Å²) in [6.07, 6.45) is 6.36. The summed E-state index contributed by atoms with van der Waals surface area (Å²) in [5.41, 5.74) is 2.18. The van der Waals surface area contributed by atoms with Crippen LogP contribution in [0.15, 0.2) is 54.7 Å². The Balaban J connectivity index is 1.68. The molecule has 132 valence electrons. The Hall–Kier alpha value is -2.20. The maximum atomic E-state index is 13.0. The van der Waals surface area contributed by atoms with Gasteiger partial charge < -0.3 is 10.2 Å². The number of aromatic nitrogens is 1. The Kier molecular flexibility index (Phi) is 6.57. The van der Waals surface area contributed by atoms with Gasteiger partial charge in [0.15, 0.2) is 0 Å². The number of nitrogens with zero attached hydrogens (tertiary/aromatic N) is 2. The van der Waals surface area contributed by atoms with Crippen LogP contribution in [0.4, 0.5) is 0 Å². The number of hydrogen-bond donors (Lipinski definition) is 1. The van der Waals surface area contributed by atoms with E-state index < -0.39 is 0 Å². The summed E-state index contributed by atoms with van der Waals surface area (Å²) >= 11 is 0. The van der Waals surface area contributed by atoms with E-state index in [0.717, 1.165) is 44.5 Å². The van der Waals surface area contributed by atoms with Crippen LogP contribution in [0.25, 0.3) is 0 Å². The first-order valence-electron chi connectivity index (χ1n) is 9.27. The number of pyridine rings is 1. The third kappa shape index (κ3) is 5.40. The van der Waals surface area contributed by atoms with E-state index in [0.29, 0.717) is 19.0 Å². The number of rotatable bonds is 6. The van der Waals surface area contributed by atoms with Gasteiger partial charge in [0.25, 0.3) is 0 Å². The minimum absolute atomic E-state index is 0.237. The lowest BCUT2D eigenvalue weighted by atomic mass is 10.0. The molecule has 0 aliphatic carbocycles. The van der Waals surface area contributed by atoms with Crippen molar-refractivity contribution in [2.75, 3.05) is 13.1 Å². The Morgan fingerprint density at radius 1 is 1.08 bits per heavy atom. The molecule has 0 spiro atoms. The summed E-state index contributed by atoms with van der Waals surface area (Å²) in [5.74, 6) is 0.237. The van der Waals surface area contributed by atoms with Crippen molar-refractivity contribution in [2.45, 2.75) is 44.7 Å². The van der Waals surface area contributed by atoms with E-state index in [1.165, 1.54) is 5.56 Å². The molecule has 4 nitrogen and oxygen atoms in total. The molecule has 1 saturated heterocycles. The van der Waals surface area contributed by atoms with Crippen LogP contribution in [0.5, 0.6) is 0 Å². The molecule has 3 rings (SSSR count). The van der Waals surface area contributed by atoms with Crippen LogP contribution in [-0.2, 0) is 17.8 Å². The van der Waals surface area contributed by atoms with Crippen molar-refractivity contribution in [3.8, 4) is 0 Å². The molecule has 0 radical (unpaired) electrons. The van der Waals surface area contributed by atoms with Gasteiger partial charge in [0, 0.05) is 18.7 Å². The van der Waals surface area contributed by atoms with Gasteiger partial charge in [0.2, 0.25) is 5.91 Å². The van der Waals surface area contributed by atoms with E-state index in [9.17, 15) is 4.79 Å². The second-order valence-corrected chi connectivity index (χ2v) is 6.66. The Morgan fingerprint density at radius 2 is 1.92 bits per heavy atom. The second-order valence-electron chi connectivity index (χ2n) is 6.66. The molecular formula is C21H27N3O. The van der Waals surface area contributed by atoms with Crippen LogP contribution in [0.2, 0.25) is 0 Å². The number of nitrogens with one attached hydrogen (secondary N) is 1. The highest BCUT2D eigenvalue weighted by atomic mass is 16.2. The van der Waals surface area contributed by atoms with Gasteiger partial charge in [0.1, 0.15) is 0 Å². The first-order valence-corrected chi connectivity index (χ1v) is 9.27. The van der Waals surface area contributed by atoms with E-state index in [4.69, 9.17) is 0 Å². The Labute approximate surface area is 150 Å². The molecule has 1 atom stereocenters. The third-order valence-electron chi connectivity index (χ3n) is 4.84. The Bertz CT molecular complexity index is 637. The van der Waals surface area contributed by atoms with Crippen LogP contribution in [0.3, 0.4) is 0 Å². The largest absolute Gasteiger partial charge is 0.334 e. The molecule has 1 aliphatic rings. The zero-order valence-electron chi connectivity index (χ0n) is 14.7. The molecule has 2 heterocycles. The third-order valence-corrected chi connectivity index (χ3v) is 4.84. The van der Waals surface area contributed by atoms with Gasteiger partial charge in [-0.1, -0.05) is 36.4 Å². The van der Waals surface area contributed by atoms with Gasteiger partial charge in [-0.2, -0.15) is 0 Å². The number of benzene rings is 1. The summed E-state index contributed by atoms with van der Waals surface area (Å²) < 4.78 is 0. The topological polar surface area (TPSA) is 45.2 Å². The number of hydrogen-bond acceptors (Lipinski definition) is 3. The Morgan fingerprint density at radius 3 is 2.72 bits per heavy atom.